The molecule has 0 aliphatic rings. The highest BCUT2D eigenvalue weighted by atomic mass is 35.5. The number of hydrogen-bond acceptors (Lipinski definition) is 5. The number of benzene rings is 1. The molecule has 0 fully saturated rings. The average molecular weight is 272 g/mol. The average Bonchev–Trinajstić information content (AvgIpc) is 2.70. The van der Waals surface area contributed by atoms with Gasteiger partial charge >= 0.3 is 5.97 Å². The van der Waals surface area contributed by atoms with Gasteiger partial charge in [0.1, 0.15) is 0 Å². The fourth-order valence-electron chi connectivity index (χ4n) is 0.903. The number of halogens is 1. The lowest BCUT2D eigenvalue weighted by Crippen LogP contribution is -1.94. The van der Waals surface area contributed by atoms with E-state index in [9.17, 15) is 4.79 Å². The summed E-state index contributed by atoms with van der Waals surface area (Å²) in [6, 6.07) is 7.22. The molecule has 0 amide bonds. The van der Waals surface area contributed by atoms with E-state index < -0.39 is 5.97 Å². The molecule has 0 atom stereocenters. The minimum Gasteiger partial charge on any atom is -0.477 e. The highest BCUT2D eigenvalue weighted by Gasteiger charge is 2.09. The van der Waals surface area contributed by atoms with Crippen LogP contribution in [0.5, 0.6) is 0 Å². The SMILES string of the molecule is Cc1nnsc1C(=O)O.Nc1ccccc1Cl. The highest BCUT2D eigenvalue weighted by molar-refractivity contribution is 7.07. The number of nitrogens with two attached hydrogens (primary N) is 1. The number of nitrogen functional groups attached to an aromatic ring is 1. The molecule has 90 valence electrons. The molecule has 0 aliphatic carbocycles. The van der Waals surface area contributed by atoms with Gasteiger partial charge in [0.2, 0.25) is 0 Å². The van der Waals surface area contributed by atoms with Crippen molar-refractivity contribution in [3.8, 4) is 0 Å². The molecular formula is C10H10ClN3O2S. The van der Waals surface area contributed by atoms with Gasteiger partial charge in [0.05, 0.1) is 16.4 Å². The molecular weight excluding hydrogens is 262 g/mol. The Balaban J connectivity index is 0.000000171. The van der Waals surface area contributed by atoms with Crippen LogP contribution >= 0.6 is 23.1 Å². The summed E-state index contributed by atoms with van der Waals surface area (Å²) in [7, 11) is 0. The van der Waals surface area contributed by atoms with E-state index in [0.717, 1.165) is 11.5 Å². The number of aromatic nitrogens is 2. The normalized spacial score (nSPS) is 9.29. The molecule has 0 bridgehead atoms. The lowest BCUT2D eigenvalue weighted by molar-refractivity contribution is 0.0701. The second kappa shape index (κ2) is 6.17. The number of aromatic carboxylic acids is 1. The Labute approximate surface area is 107 Å². The minimum atomic E-state index is -0.956. The molecule has 0 saturated heterocycles. The predicted molar refractivity (Wildman–Crippen MR) is 67.5 cm³/mol. The smallest absolute Gasteiger partial charge is 0.349 e. The second-order valence-corrected chi connectivity index (χ2v) is 4.18. The van der Waals surface area contributed by atoms with Crippen molar-refractivity contribution in [1.29, 1.82) is 0 Å². The van der Waals surface area contributed by atoms with E-state index in [1.165, 1.54) is 0 Å². The number of para-hydroxylation sites is 1. The Morgan fingerprint density at radius 3 is 2.41 bits per heavy atom. The van der Waals surface area contributed by atoms with Crippen molar-refractivity contribution in [3.63, 3.8) is 0 Å². The quantitative estimate of drug-likeness (QED) is 0.778. The van der Waals surface area contributed by atoms with Crippen LogP contribution in [0.3, 0.4) is 0 Å². The van der Waals surface area contributed by atoms with Gasteiger partial charge in [0.15, 0.2) is 4.88 Å². The Kier molecular flexibility index (Phi) is 4.86. The van der Waals surface area contributed by atoms with Crippen LogP contribution in [0.15, 0.2) is 24.3 Å². The van der Waals surface area contributed by atoms with E-state index in [0.29, 0.717) is 16.4 Å². The number of carboxylic acids is 1. The molecule has 2 aromatic rings. The van der Waals surface area contributed by atoms with Gasteiger partial charge in [-0.3, -0.25) is 0 Å². The summed E-state index contributed by atoms with van der Waals surface area (Å²) in [4.78, 5) is 10.4. The Morgan fingerprint density at radius 1 is 1.47 bits per heavy atom. The summed E-state index contributed by atoms with van der Waals surface area (Å²) in [6.07, 6.45) is 0. The first-order chi connectivity index (χ1) is 8.02. The third-order valence-electron chi connectivity index (χ3n) is 1.75. The molecule has 0 saturated carbocycles. The lowest BCUT2D eigenvalue weighted by Gasteiger charge is -1.91. The molecule has 1 heterocycles. The third-order valence-corrected chi connectivity index (χ3v) is 2.91. The van der Waals surface area contributed by atoms with Crippen LogP contribution in [-0.2, 0) is 0 Å². The van der Waals surface area contributed by atoms with Gasteiger partial charge in [-0.2, -0.15) is 0 Å². The molecule has 2 rings (SSSR count). The van der Waals surface area contributed by atoms with Crippen molar-refractivity contribution >= 4 is 34.8 Å². The Morgan fingerprint density at radius 2 is 2.12 bits per heavy atom. The third kappa shape index (κ3) is 4.01. The zero-order valence-corrected chi connectivity index (χ0v) is 10.5. The second-order valence-electron chi connectivity index (χ2n) is 3.01. The van der Waals surface area contributed by atoms with Crippen molar-refractivity contribution in [2.24, 2.45) is 0 Å². The standard InChI is InChI=1S/C6H6ClN.C4H4N2O2S/c7-5-3-1-2-4-6(5)8;1-2-3(4(7)8)9-6-5-2/h1-4H,8H2;1H3,(H,7,8). The van der Waals surface area contributed by atoms with Crippen LogP contribution < -0.4 is 5.73 Å². The topological polar surface area (TPSA) is 89.1 Å². The molecule has 1 aromatic carbocycles. The first-order valence-electron chi connectivity index (χ1n) is 4.54. The number of aryl methyl sites for hydroxylation is 1. The Bertz CT molecular complexity index is 495. The molecule has 0 aliphatic heterocycles. The van der Waals surface area contributed by atoms with Crippen molar-refractivity contribution < 1.29 is 9.90 Å². The monoisotopic (exact) mass is 271 g/mol. The van der Waals surface area contributed by atoms with Crippen molar-refractivity contribution in [2.75, 3.05) is 5.73 Å². The van der Waals surface area contributed by atoms with Crippen LogP contribution in [0.4, 0.5) is 5.69 Å². The maximum atomic E-state index is 10.2. The fourth-order valence-corrected chi connectivity index (χ4v) is 1.53. The molecule has 17 heavy (non-hydrogen) atoms. The van der Waals surface area contributed by atoms with Gasteiger partial charge in [-0.25, -0.2) is 4.79 Å². The van der Waals surface area contributed by atoms with Gasteiger partial charge in [-0.05, 0) is 30.6 Å². The molecule has 5 nitrogen and oxygen atoms in total. The number of rotatable bonds is 1. The minimum absolute atomic E-state index is 0.218. The van der Waals surface area contributed by atoms with Gasteiger partial charge < -0.3 is 10.8 Å². The van der Waals surface area contributed by atoms with Crippen LogP contribution in [0.2, 0.25) is 5.02 Å². The summed E-state index contributed by atoms with van der Waals surface area (Å²) in [5.41, 5.74) is 6.50. The van der Waals surface area contributed by atoms with Crippen LogP contribution in [0.1, 0.15) is 15.4 Å². The van der Waals surface area contributed by atoms with Gasteiger partial charge in [0, 0.05) is 0 Å². The molecule has 0 radical (unpaired) electrons. The number of nitrogens with zero attached hydrogens (tertiary/aromatic N) is 2. The van der Waals surface area contributed by atoms with Crippen molar-refractivity contribution in [3.05, 3.63) is 39.9 Å². The van der Waals surface area contributed by atoms with E-state index in [-0.39, 0.29) is 4.88 Å². The van der Waals surface area contributed by atoms with E-state index in [4.69, 9.17) is 22.4 Å². The Hall–Kier alpha value is -1.66. The molecule has 1 aromatic heterocycles. The van der Waals surface area contributed by atoms with E-state index in [1.807, 2.05) is 12.1 Å². The van der Waals surface area contributed by atoms with E-state index in [1.54, 1.807) is 19.1 Å². The number of carbonyl (C=O) groups is 1. The summed E-state index contributed by atoms with van der Waals surface area (Å²) < 4.78 is 3.45. The summed E-state index contributed by atoms with van der Waals surface area (Å²) in [5.74, 6) is -0.956. The maximum Gasteiger partial charge on any atom is 0.349 e. The number of anilines is 1. The van der Waals surface area contributed by atoms with Gasteiger partial charge in [-0.15, -0.1) is 5.10 Å². The van der Waals surface area contributed by atoms with Gasteiger partial charge in [-0.1, -0.05) is 28.2 Å². The zero-order chi connectivity index (χ0) is 12.8. The first-order valence-corrected chi connectivity index (χ1v) is 5.69. The van der Waals surface area contributed by atoms with E-state index >= 15 is 0 Å². The lowest BCUT2D eigenvalue weighted by atomic mass is 10.3. The van der Waals surface area contributed by atoms with Crippen LogP contribution in [0, 0.1) is 6.92 Å². The molecule has 0 spiro atoms. The summed E-state index contributed by atoms with van der Waals surface area (Å²) in [5, 5.41) is 12.5. The molecule has 7 heteroatoms. The highest BCUT2D eigenvalue weighted by Crippen LogP contribution is 2.15. The number of carboxylic acid groups (broad SMARTS) is 1. The summed E-state index contributed by atoms with van der Waals surface area (Å²) in [6.45, 7) is 1.62. The predicted octanol–water partition coefficient (Wildman–Crippen LogP) is 2.47. The van der Waals surface area contributed by atoms with Crippen LogP contribution in [0.25, 0.3) is 0 Å². The molecule has 0 unspecified atom stereocenters. The fraction of sp³-hybridized carbons (Fsp3) is 0.100. The number of hydrogen-bond donors (Lipinski definition) is 2. The van der Waals surface area contributed by atoms with E-state index in [2.05, 4.69) is 9.59 Å². The van der Waals surface area contributed by atoms with Gasteiger partial charge in [0.25, 0.3) is 0 Å². The largest absolute Gasteiger partial charge is 0.477 e. The van der Waals surface area contributed by atoms with Crippen molar-refractivity contribution in [2.45, 2.75) is 6.92 Å². The maximum absolute atomic E-state index is 10.2. The van der Waals surface area contributed by atoms with Crippen LogP contribution in [-0.4, -0.2) is 20.7 Å². The zero-order valence-electron chi connectivity index (χ0n) is 8.92. The first kappa shape index (κ1) is 13.4. The molecule has 3 N–H and O–H groups in total. The van der Waals surface area contributed by atoms with Crippen molar-refractivity contribution in [1.82, 2.24) is 9.59 Å². The summed E-state index contributed by atoms with van der Waals surface area (Å²) >= 11 is 6.48.